The molecule has 1 aromatic rings. The third kappa shape index (κ3) is 2.62. The lowest BCUT2D eigenvalue weighted by Crippen LogP contribution is -2.40. The first kappa shape index (κ1) is 14.7. The normalized spacial score (nSPS) is 21.9. The van der Waals surface area contributed by atoms with E-state index in [1.165, 1.54) is 0 Å². The van der Waals surface area contributed by atoms with Crippen molar-refractivity contribution in [2.75, 3.05) is 25.5 Å². The lowest BCUT2D eigenvalue weighted by atomic mass is 9.94. The van der Waals surface area contributed by atoms with Crippen LogP contribution in [-0.4, -0.2) is 38.2 Å². The molecular formula is C15H21NO4S. The van der Waals surface area contributed by atoms with E-state index in [1.54, 1.807) is 4.31 Å². The molecule has 0 N–H and O–H groups in total. The number of hydrogen-bond acceptors (Lipinski definition) is 4. The van der Waals surface area contributed by atoms with E-state index in [-0.39, 0.29) is 11.8 Å². The van der Waals surface area contributed by atoms with E-state index in [9.17, 15) is 8.42 Å². The highest BCUT2D eigenvalue weighted by Gasteiger charge is 2.33. The number of benzene rings is 1. The van der Waals surface area contributed by atoms with Gasteiger partial charge in [0.05, 0.1) is 5.75 Å². The number of sulfonamides is 1. The molecule has 2 heterocycles. The number of fused-ring (bicyclic) bond motifs is 2. The van der Waals surface area contributed by atoms with Gasteiger partial charge in [-0.15, -0.1) is 0 Å². The maximum absolute atomic E-state index is 12.4. The fraction of sp³-hybridized carbons (Fsp3) is 0.600. The third-order valence-corrected chi connectivity index (χ3v) is 6.24. The SMILES string of the molecule is CCCS(=O)(=O)N1CCc2cc3c(cc2C1C)OCCO3. The van der Waals surface area contributed by atoms with Gasteiger partial charge in [0.25, 0.3) is 0 Å². The van der Waals surface area contributed by atoms with Gasteiger partial charge in [-0.05, 0) is 43.0 Å². The topological polar surface area (TPSA) is 55.8 Å². The van der Waals surface area contributed by atoms with Gasteiger partial charge in [-0.3, -0.25) is 0 Å². The van der Waals surface area contributed by atoms with Gasteiger partial charge in [-0.1, -0.05) is 6.92 Å². The summed E-state index contributed by atoms with van der Waals surface area (Å²) in [6.45, 7) is 5.48. The van der Waals surface area contributed by atoms with Gasteiger partial charge >= 0.3 is 0 Å². The van der Waals surface area contributed by atoms with Crippen molar-refractivity contribution in [1.82, 2.24) is 4.31 Å². The van der Waals surface area contributed by atoms with Crippen LogP contribution >= 0.6 is 0 Å². The number of nitrogens with zero attached hydrogens (tertiary/aromatic N) is 1. The Labute approximate surface area is 125 Å². The first-order valence-electron chi connectivity index (χ1n) is 7.45. The van der Waals surface area contributed by atoms with E-state index >= 15 is 0 Å². The van der Waals surface area contributed by atoms with E-state index in [4.69, 9.17) is 9.47 Å². The molecule has 0 radical (unpaired) electrons. The van der Waals surface area contributed by atoms with Crippen molar-refractivity contribution in [3.8, 4) is 11.5 Å². The molecule has 0 fully saturated rings. The van der Waals surface area contributed by atoms with Crippen LogP contribution in [0.1, 0.15) is 37.4 Å². The summed E-state index contributed by atoms with van der Waals surface area (Å²) in [6.07, 6.45) is 1.36. The van der Waals surface area contributed by atoms with Gasteiger partial charge in [0, 0.05) is 12.6 Å². The highest BCUT2D eigenvalue weighted by Crippen LogP contribution is 2.40. The zero-order chi connectivity index (χ0) is 15.0. The fourth-order valence-corrected chi connectivity index (χ4v) is 4.80. The summed E-state index contributed by atoms with van der Waals surface area (Å²) in [4.78, 5) is 0. The average molecular weight is 311 g/mol. The van der Waals surface area contributed by atoms with Crippen molar-refractivity contribution in [1.29, 1.82) is 0 Å². The van der Waals surface area contributed by atoms with Crippen molar-refractivity contribution in [2.45, 2.75) is 32.7 Å². The third-order valence-electron chi connectivity index (χ3n) is 4.11. The second-order valence-electron chi connectivity index (χ2n) is 5.55. The summed E-state index contributed by atoms with van der Waals surface area (Å²) in [6, 6.07) is 3.80. The highest BCUT2D eigenvalue weighted by atomic mass is 32.2. The first-order valence-corrected chi connectivity index (χ1v) is 9.06. The van der Waals surface area contributed by atoms with E-state index in [2.05, 4.69) is 0 Å². The standard InChI is InChI=1S/C15H21NO4S/c1-3-8-21(17,18)16-5-4-12-9-14-15(20-7-6-19-14)10-13(12)11(16)2/h9-11H,3-8H2,1-2H3. The summed E-state index contributed by atoms with van der Waals surface area (Å²) in [5.41, 5.74) is 2.19. The van der Waals surface area contributed by atoms with E-state index < -0.39 is 10.0 Å². The molecule has 0 spiro atoms. The molecule has 5 nitrogen and oxygen atoms in total. The lowest BCUT2D eigenvalue weighted by molar-refractivity contribution is 0.170. The van der Waals surface area contributed by atoms with E-state index in [0.29, 0.717) is 26.2 Å². The molecule has 0 saturated carbocycles. The molecule has 0 amide bonds. The largest absolute Gasteiger partial charge is 0.486 e. The van der Waals surface area contributed by atoms with Gasteiger partial charge < -0.3 is 9.47 Å². The van der Waals surface area contributed by atoms with Crippen molar-refractivity contribution >= 4 is 10.0 Å². The molecule has 116 valence electrons. The quantitative estimate of drug-likeness (QED) is 0.858. The molecule has 2 aliphatic rings. The summed E-state index contributed by atoms with van der Waals surface area (Å²) in [7, 11) is -3.19. The zero-order valence-electron chi connectivity index (χ0n) is 12.5. The Hall–Kier alpha value is -1.27. The van der Waals surface area contributed by atoms with Crippen LogP contribution in [0.15, 0.2) is 12.1 Å². The van der Waals surface area contributed by atoms with Gasteiger partial charge in [-0.2, -0.15) is 4.31 Å². The lowest BCUT2D eigenvalue weighted by Gasteiger charge is -2.35. The minimum atomic E-state index is -3.19. The molecular weight excluding hydrogens is 290 g/mol. The predicted octanol–water partition coefficient (Wildman–Crippen LogP) is 2.12. The molecule has 1 atom stereocenters. The fourth-order valence-electron chi connectivity index (χ4n) is 3.09. The Balaban J connectivity index is 1.96. The molecule has 1 aromatic carbocycles. The Bertz CT molecular complexity index is 641. The molecule has 3 rings (SSSR count). The van der Waals surface area contributed by atoms with Crippen LogP contribution in [0.4, 0.5) is 0 Å². The molecule has 0 bridgehead atoms. The van der Waals surface area contributed by atoms with Gasteiger partial charge in [0.2, 0.25) is 10.0 Å². The van der Waals surface area contributed by atoms with Crippen LogP contribution < -0.4 is 9.47 Å². The Kier molecular flexibility index (Phi) is 3.84. The summed E-state index contributed by atoms with van der Waals surface area (Å²) < 4.78 is 37.6. The van der Waals surface area contributed by atoms with Gasteiger partial charge in [0.15, 0.2) is 11.5 Å². The molecule has 6 heteroatoms. The van der Waals surface area contributed by atoms with Crippen LogP contribution in [0.25, 0.3) is 0 Å². The summed E-state index contributed by atoms with van der Waals surface area (Å²) in [5, 5.41) is 0. The Morgan fingerprint density at radius 1 is 1.24 bits per heavy atom. The molecule has 0 aromatic heterocycles. The minimum Gasteiger partial charge on any atom is -0.486 e. The molecule has 0 aliphatic carbocycles. The van der Waals surface area contributed by atoms with Crippen LogP contribution in [0.2, 0.25) is 0 Å². The number of hydrogen-bond donors (Lipinski definition) is 0. The van der Waals surface area contributed by atoms with Crippen molar-refractivity contribution in [2.24, 2.45) is 0 Å². The predicted molar refractivity (Wildman–Crippen MR) is 80.3 cm³/mol. The van der Waals surface area contributed by atoms with Crippen LogP contribution in [-0.2, 0) is 16.4 Å². The summed E-state index contributed by atoms with van der Waals surface area (Å²) in [5.74, 6) is 1.70. The zero-order valence-corrected chi connectivity index (χ0v) is 13.3. The van der Waals surface area contributed by atoms with E-state index in [1.807, 2.05) is 26.0 Å². The number of rotatable bonds is 3. The summed E-state index contributed by atoms with van der Waals surface area (Å²) >= 11 is 0. The molecule has 21 heavy (non-hydrogen) atoms. The maximum Gasteiger partial charge on any atom is 0.214 e. The first-order chi connectivity index (χ1) is 10.0. The van der Waals surface area contributed by atoms with Crippen LogP contribution in [0.3, 0.4) is 0 Å². The highest BCUT2D eigenvalue weighted by molar-refractivity contribution is 7.89. The van der Waals surface area contributed by atoms with E-state index in [0.717, 1.165) is 29.0 Å². The average Bonchev–Trinajstić information content (AvgIpc) is 2.45. The van der Waals surface area contributed by atoms with Crippen LogP contribution in [0.5, 0.6) is 11.5 Å². The Morgan fingerprint density at radius 3 is 2.57 bits per heavy atom. The smallest absolute Gasteiger partial charge is 0.214 e. The van der Waals surface area contributed by atoms with Gasteiger partial charge in [0.1, 0.15) is 13.2 Å². The monoisotopic (exact) mass is 311 g/mol. The van der Waals surface area contributed by atoms with Crippen molar-refractivity contribution < 1.29 is 17.9 Å². The van der Waals surface area contributed by atoms with Crippen molar-refractivity contribution in [3.63, 3.8) is 0 Å². The molecule has 1 unspecified atom stereocenters. The molecule has 2 aliphatic heterocycles. The second kappa shape index (κ2) is 5.50. The van der Waals surface area contributed by atoms with Crippen LogP contribution in [0, 0.1) is 0 Å². The molecule has 0 saturated heterocycles. The number of ether oxygens (including phenoxy) is 2. The minimum absolute atomic E-state index is 0.152. The van der Waals surface area contributed by atoms with Crippen molar-refractivity contribution in [3.05, 3.63) is 23.3 Å². The Morgan fingerprint density at radius 2 is 1.90 bits per heavy atom. The van der Waals surface area contributed by atoms with Gasteiger partial charge in [-0.25, -0.2) is 8.42 Å². The maximum atomic E-state index is 12.4. The second-order valence-corrected chi connectivity index (χ2v) is 7.59.